The third-order valence-electron chi connectivity index (χ3n) is 4.59. The molecule has 0 saturated carbocycles. The van der Waals surface area contributed by atoms with Crippen LogP contribution in [0.25, 0.3) is 11.1 Å². The van der Waals surface area contributed by atoms with Crippen LogP contribution in [-0.2, 0) is 10.9 Å². The van der Waals surface area contributed by atoms with Crippen LogP contribution in [0.1, 0.15) is 57.9 Å². The Hall–Kier alpha value is -2.25. The van der Waals surface area contributed by atoms with Crippen molar-refractivity contribution in [2.75, 3.05) is 6.54 Å². The van der Waals surface area contributed by atoms with Crippen LogP contribution in [0.15, 0.2) is 22.6 Å². The average molecular weight is 384 g/mol. The number of carbonyl (C=O) groups excluding carboxylic acids is 1. The first kappa shape index (κ1) is 19.5. The van der Waals surface area contributed by atoms with E-state index in [1.165, 1.54) is 6.07 Å². The third-order valence-corrected chi connectivity index (χ3v) is 4.59. The van der Waals surface area contributed by atoms with Crippen molar-refractivity contribution in [3.05, 3.63) is 29.7 Å². The van der Waals surface area contributed by atoms with Gasteiger partial charge in [0, 0.05) is 12.6 Å². The van der Waals surface area contributed by atoms with Gasteiger partial charge in [0.2, 0.25) is 0 Å². The number of likely N-dealkylation sites (tertiary alicyclic amines) is 1. The smallest absolute Gasteiger partial charge is 0.416 e. The van der Waals surface area contributed by atoms with Gasteiger partial charge in [0.15, 0.2) is 11.5 Å². The Kier molecular flexibility index (Phi) is 4.86. The van der Waals surface area contributed by atoms with E-state index in [-0.39, 0.29) is 17.5 Å². The number of halogens is 3. The number of nitrogens with zero attached hydrogens (tertiary/aromatic N) is 2. The fourth-order valence-corrected chi connectivity index (χ4v) is 3.18. The van der Waals surface area contributed by atoms with Gasteiger partial charge < -0.3 is 14.1 Å². The molecule has 8 heteroatoms. The summed E-state index contributed by atoms with van der Waals surface area (Å²) < 4.78 is 49.8. The zero-order valence-electron chi connectivity index (χ0n) is 15.8. The van der Waals surface area contributed by atoms with Gasteiger partial charge >= 0.3 is 12.3 Å². The number of benzene rings is 1. The number of rotatable bonds is 1. The molecule has 0 spiro atoms. The Morgan fingerprint density at radius 2 is 1.96 bits per heavy atom. The number of oxazole rings is 1. The highest BCUT2D eigenvalue weighted by atomic mass is 19.4. The van der Waals surface area contributed by atoms with Crippen molar-refractivity contribution in [2.45, 2.75) is 64.3 Å². The number of ether oxygens (including phenoxy) is 1. The van der Waals surface area contributed by atoms with Gasteiger partial charge in [-0.05, 0) is 58.7 Å². The second kappa shape index (κ2) is 6.73. The first-order valence-corrected chi connectivity index (χ1v) is 8.91. The van der Waals surface area contributed by atoms with E-state index in [1.807, 2.05) is 6.92 Å². The van der Waals surface area contributed by atoms with Crippen molar-refractivity contribution in [1.82, 2.24) is 9.88 Å². The zero-order chi connectivity index (χ0) is 20.0. The SMILES string of the molecule is C[C@@H]1CC[C@@H](c2nc3cc(C(F)(F)F)ccc3o2)CN1C(=O)OC(C)(C)C. The van der Waals surface area contributed by atoms with E-state index in [4.69, 9.17) is 9.15 Å². The average Bonchev–Trinajstić information content (AvgIpc) is 2.95. The Morgan fingerprint density at radius 3 is 2.59 bits per heavy atom. The van der Waals surface area contributed by atoms with Gasteiger partial charge in [0.25, 0.3) is 0 Å². The molecule has 2 aromatic rings. The molecule has 0 unspecified atom stereocenters. The number of aromatic nitrogens is 1. The fraction of sp³-hybridized carbons (Fsp3) is 0.579. The van der Waals surface area contributed by atoms with Crippen molar-refractivity contribution >= 4 is 17.2 Å². The lowest BCUT2D eigenvalue weighted by Crippen LogP contribution is -2.47. The Labute approximate surface area is 155 Å². The Bertz CT molecular complexity index is 839. The molecule has 1 aliphatic heterocycles. The maximum atomic E-state index is 12.9. The number of alkyl halides is 3. The molecule has 0 bridgehead atoms. The summed E-state index contributed by atoms with van der Waals surface area (Å²) >= 11 is 0. The van der Waals surface area contributed by atoms with Crippen LogP contribution in [0.4, 0.5) is 18.0 Å². The summed E-state index contributed by atoms with van der Waals surface area (Å²) in [6.07, 6.45) is -3.37. The maximum absolute atomic E-state index is 12.9. The molecule has 1 saturated heterocycles. The number of carbonyl (C=O) groups is 1. The van der Waals surface area contributed by atoms with Crippen molar-refractivity contribution in [1.29, 1.82) is 0 Å². The van der Waals surface area contributed by atoms with E-state index in [1.54, 1.807) is 25.7 Å². The quantitative estimate of drug-likeness (QED) is 0.665. The standard InChI is InChI=1S/C19H23F3N2O3/c1-11-5-6-12(10-24(11)17(25)27-18(2,3)4)16-23-14-9-13(19(20,21)22)7-8-15(14)26-16/h7-9,11-12H,5-6,10H2,1-4H3/t11-,12-/m1/s1. The first-order chi connectivity index (χ1) is 12.4. The topological polar surface area (TPSA) is 55.6 Å². The first-order valence-electron chi connectivity index (χ1n) is 8.91. The molecule has 1 aliphatic rings. The molecule has 5 nitrogen and oxygen atoms in total. The molecule has 0 radical (unpaired) electrons. The molecule has 2 atom stereocenters. The second-order valence-electron chi connectivity index (χ2n) is 7.99. The highest BCUT2D eigenvalue weighted by molar-refractivity contribution is 5.74. The number of amides is 1. The summed E-state index contributed by atoms with van der Waals surface area (Å²) in [5, 5.41) is 0. The summed E-state index contributed by atoms with van der Waals surface area (Å²) in [5.41, 5.74) is -0.889. The lowest BCUT2D eigenvalue weighted by Gasteiger charge is -2.37. The zero-order valence-corrected chi connectivity index (χ0v) is 15.8. The molecule has 1 fully saturated rings. The second-order valence-corrected chi connectivity index (χ2v) is 7.99. The lowest BCUT2D eigenvalue weighted by atomic mass is 9.94. The molecule has 3 rings (SSSR count). The summed E-state index contributed by atoms with van der Waals surface area (Å²) in [4.78, 5) is 18.3. The van der Waals surface area contributed by atoms with Crippen molar-refractivity contribution in [3.8, 4) is 0 Å². The monoisotopic (exact) mass is 384 g/mol. The normalized spacial score (nSPS) is 21.5. The number of fused-ring (bicyclic) bond motifs is 1. The van der Waals surface area contributed by atoms with Gasteiger partial charge in [0.1, 0.15) is 11.1 Å². The van der Waals surface area contributed by atoms with Gasteiger partial charge in [-0.1, -0.05) is 0 Å². The molecule has 1 aromatic heterocycles. The highest BCUT2D eigenvalue weighted by Crippen LogP contribution is 2.35. The van der Waals surface area contributed by atoms with Gasteiger partial charge in [-0.25, -0.2) is 9.78 Å². The van der Waals surface area contributed by atoms with Crippen LogP contribution in [0, 0.1) is 0 Å². The predicted octanol–water partition coefficient (Wildman–Crippen LogP) is 5.35. The predicted molar refractivity (Wildman–Crippen MR) is 93.4 cm³/mol. The Morgan fingerprint density at radius 1 is 1.26 bits per heavy atom. The van der Waals surface area contributed by atoms with E-state index in [2.05, 4.69) is 4.98 Å². The molecule has 1 aromatic carbocycles. The van der Waals surface area contributed by atoms with Crippen molar-refractivity contribution < 1.29 is 27.1 Å². The largest absolute Gasteiger partial charge is 0.444 e. The highest BCUT2D eigenvalue weighted by Gasteiger charge is 2.35. The summed E-state index contributed by atoms with van der Waals surface area (Å²) in [6, 6.07) is 3.26. The maximum Gasteiger partial charge on any atom is 0.416 e. The fourth-order valence-electron chi connectivity index (χ4n) is 3.18. The number of hydrogen-bond acceptors (Lipinski definition) is 4. The van der Waals surface area contributed by atoms with E-state index < -0.39 is 23.4 Å². The molecule has 27 heavy (non-hydrogen) atoms. The third kappa shape index (κ3) is 4.36. The summed E-state index contributed by atoms with van der Waals surface area (Å²) in [5.74, 6) is 0.167. The van der Waals surface area contributed by atoms with Crippen LogP contribution in [0.3, 0.4) is 0 Å². The van der Waals surface area contributed by atoms with Crippen LogP contribution in [-0.4, -0.2) is 34.2 Å². The van der Waals surface area contributed by atoms with Crippen LogP contribution >= 0.6 is 0 Å². The number of hydrogen-bond donors (Lipinski definition) is 0. The van der Waals surface area contributed by atoms with E-state index >= 15 is 0 Å². The molecule has 2 heterocycles. The minimum absolute atomic E-state index is 0.0114. The van der Waals surface area contributed by atoms with Crippen molar-refractivity contribution in [2.24, 2.45) is 0 Å². The minimum Gasteiger partial charge on any atom is -0.444 e. The van der Waals surface area contributed by atoms with E-state index in [0.717, 1.165) is 25.0 Å². The summed E-state index contributed by atoms with van der Waals surface area (Å²) in [6.45, 7) is 7.71. The van der Waals surface area contributed by atoms with Gasteiger partial charge in [0.05, 0.1) is 11.5 Å². The van der Waals surface area contributed by atoms with E-state index in [0.29, 0.717) is 18.0 Å². The molecule has 0 aliphatic carbocycles. The lowest BCUT2D eigenvalue weighted by molar-refractivity contribution is -0.137. The van der Waals surface area contributed by atoms with E-state index in [9.17, 15) is 18.0 Å². The van der Waals surface area contributed by atoms with Crippen LogP contribution in [0.2, 0.25) is 0 Å². The van der Waals surface area contributed by atoms with Crippen molar-refractivity contribution in [3.63, 3.8) is 0 Å². The molecule has 0 N–H and O–H groups in total. The molecule has 1 amide bonds. The number of piperidine rings is 1. The van der Waals surface area contributed by atoms with Crippen LogP contribution < -0.4 is 0 Å². The minimum atomic E-state index is -4.43. The molecular weight excluding hydrogens is 361 g/mol. The van der Waals surface area contributed by atoms with Gasteiger partial charge in [-0.2, -0.15) is 13.2 Å². The Balaban J connectivity index is 1.82. The molecular formula is C19H23F3N2O3. The van der Waals surface area contributed by atoms with Gasteiger partial charge in [-0.15, -0.1) is 0 Å². The summed E-state index contributed by atoms with van der Waals surface area (Å²) in [7, 11) is 0. The molecule has 148 valence electrons. The van der Waals surface area contributed by atoms with Crippen LogP contribution in [0.5, 0.6) is 0 Å². The van der Waals surface area contributed by atoms with Gasteiger partial charge in [-0.3, -0.25) is 0 Å².